The highest BCUT2D eigenvalue weighted by Crippen LogP contribution is 2.44. The molecule has 2 heteroatoms. The third-order valence-corrected chi connectivity index (χ3v) is 2.22. The molecule has 0 saturated carbocycles. The lowest BCUT2D eigenvalue weighted by molar-refractivity contribution is 0.324. The lowest BCUT2D eigenvalue weighted by Gasteiger charge is -2.04. The van der Waals surface area contributed by atoms with Gasteiger partial charge in [-0.3, -0.25) is 0 Å². The van der Waals surface area contributed by atoms with Crippen LogP contribution in [0.25, 0.3) is 0 Å². The molecule has 1 aliphatic carbocycles. The lowest BCUT2D eigenvalue weighted by atomic mass is 9.97. The summed E-state index contributed by atoms with van der Waals surface area (Å²) in [6.07, 6.45) is 13.1. The van der Waals surface area contributed by atoms with Crippen molar-refractivity contribution < 1.29 is 9.47 Å². The van der Waals surface area contributed by atoms with E-state index in [-0.39, 0.29) is 5.60 Å². The van der Waals surface area contributed by atoms with Gasteiger partial charge in [0.25, 0.3) is 0 Å². The van der Waals surface area contributed by atoms with Gasteiger partial charge in [-0.15, -0.1) is 0 Å². The van der Waals surface area contributed by atoms with Crippen molar-refractivity contribution in [2.75, 3.05) is 7.11 Å². The average molecular weight is 164 g/mol. The zero-order valence-electron chi connectivity index (χ0n) is 7.07. The highest BCUT2D eigenvalue weighted by atomic mass is 16.6. The van der Waals surface area contributed by atoms with Gasteiger partial charge in [-0.25, -0.2) is 0 Å². The summed E-state index contributed by atoms with van der Waals surface area (Å²) in [6, 6.07) is 0. The molecule has 0 N–H and O–H groups in total. The van der Waals surface area contributed by atoms with Crippen LogP contribution in [0.1, 0.15) is 6.42 Å². The van der Waals surface area contributed by atoms with Gasteiger partial charge in [-0.05, 0) is 12.2 Å². The second-order valence-electron chi connectivity index (χ2n) is 3.05. The second-order valence-corrected chi connectivity index (χ2v) is 3.05. The van der Waals surface area contributed by atoms with Crippen LogP contribution >= 0.6 is 0 Å². The summed E-state index contributed by atoms with van der Waals surface area (Å²) in [7, 11) is 1.65. The minimum absolute atomic E-state index is 0.0379. The third kappa shape index (κ3) is 1.18. The molecule has 0 aromatic rings. The molecule has 2 atom stereocenters. The first kappa shape index (κ1) is 7.62. The summed E-state index contributed by atoms with van der Waals surface area (Å²) in [4.78, 5) is 0. The summed E-state index contributed by atoms with van der Waals surface area (Å²) in [6.45, 7) is 0. The number of hydrogen-bond acceptors (Lipinski definition) is 2. The van der Waals surface area contributed by atoms with E-state index in [4.69, 9.17) is 9.47 Å². The van der Waals surface area contributed by atoms with Crippen LogP contribution in [0.4, 0.5) is 0 Å². The van der Waals surface area contributed by atoms with Crippen molar-refractivity contribution in [3.05, 3.63) is 36.6 Å². The normalized spacial score (nSPS) is 36.9. The Morgan fingerprint density at radius 3 is 3.25 bits per heavy atom. The molecule has 12 heavy (non-hydrogen) atoms. The van der Waals surface area contributed by atoms with Gasteiger partial charge < -0.3 is 9.47 Å². The van der Waals surface area contributed by atoms with Crippen LogP contribution < -0.4 is 0 Å². The molecule has 0 aromatic carbocycles. The summed E-state index contributed by atoms with van der Waals surface area (Å²) in [5.41, 5.74) is -0.0379. The number of allylic oxidation sites excluding steroid dienone is 2. The van der Waals surface area contributed by atoms with Gasteiger partial charge in [-0.2, -0.15) is 0 Å². The van der Waals surface area contributed by atoms with Crippen molar-refractivity contribution in [3.8, 4) is 0 Å². The van der Waals surface area contributed by atoms with E-state index in [9.17, 15) is 0 Å². The van der Waals surface area contributed by atoms with Gasteiger partial charge in [0, 0.05) is 6.42 Å². The Morgan fingerprint density at radius 2 is 2.50 bits per heavy atom. The van der Waals surface area contributed by atoms with Crippen LogP contribution in [0.5, 0.6) is 0 Å². The molecular formula is C10H12O2. The molecule has 1 heterocycles. The highest BCUT2D eigenvalue weighted by molar-refractivity contribution is 5.32. The number of rotatable bonds is 3. The van der Waals surface area contributed by atoms with Crippen LogP contribution in [-0.2, 0) is 9.47 Å². The fraction of sp³-hybridized carbons (Fsp3) is 0.400. The van der Waals surface area contributed by atoms with Gasteiger partial charge in [0.2, 0.25) is 0 Å². The zero-order chi connectivity index (χ0) is 8.44. The van der Waals surface area contributed by atoms with Crippen LogP contribution in [-0.4, -0.2) is 18.8 Å². The Hall–Kier alpha value is -1.02. The molecule has 0 amide bonds. The molecule has 2 rings (SSSR count). The van der Waals surface area contributed by atoms with E-state index in [2.05, 4.69) is 12.2 Å². The average Bonchev–Trinajstić information content (AvgIpc) is 2.79. The summed E-state index contributed by atoms with van der Waals surface area (Å²) < 4.78 is 10.3. The minimum atomic E-state index is -0.0379. The topological polar surface area (TPSA) is 21.8 Å². The molecule has 0 radical (unpaired) electrons. The Labute approximate surface area is 72.2 Å². The van der Waals surface area contributed by atoms with E-state index in [1.165, 1.54) is 0 Å². The summed E-state index contributed by atoms with van der Waals surface area (Å²) in [5, 5.41) is 0. The first-order valence-corrected chi connectivity index (χ1v) is 4.09. The standard InChI is InChI=1S/C10H12O2/c1-11-8-4-7-10-6-3-2-5-9(10)12-10/h2-6,8-9H,7H2,1H3. The molecule has 1 saturated heterocycles. The smallest absolute Gasteiger partial charge is 0.121 e. The SMILES string of the molecule is COC=CCC12C=CC=CC1O2. The van der Waals surface area contributed by atoms with E-state index in [0.717, 1.165) is 6.42 Å². The van der Waals surface area contributed by atoms with Crippen molar-refractivity contribution in [2.24, 2.45) is 0 Å². The maximum absolute atomic E-state index is 5.53. The molecule has 64 valence electrons. The van der Waals surface area contributed by atoms with Gasteiger partial charge in [-0.1, -0.05) is 18.2 Å². The third-order valence-electron chi connectivity index (χ3n) is 2.22. The molecular weight excluding hydrogens is 152 g/mol. The van der Waals surface area contributed by atoms with Gasteiger partial charge in [0.15, 0.2) is 0 Å². The summed E-state index contributed by atoms with van der Waals surface area (Å²) in [5.74, 6) is 0. The van der Waals surface area contributed by atoms with Gasteiger partial charge in [0.1, 0.15) is 11.7 Å². The van der Waals surface area contributed by atoms with Crippen molar-refractivity contribution in [1.82, 2.24) is 0 Å². The predicted octanol–water partition coefficient (Wildman–Crippen LogP) is 1.80. The van der Waals surface area contributed by atoms with Gasteiger partial charge >= 0.3 is 0 Å². The second kappa shape index (κ2) is 2.79. The molecule has 1 aliphatic heterocycles. The zero-order valence-corrected chi connectivity index (χ0v) is 7.07. The Morgan fingerprint density at radius 1 is 1.58 bits per heavy atom. The number of hydrogen-bond donors (Lipinski definition) is 0. The molecule has 1 fully saturated rings. The molecule has 0 aromatic heterocycles. The van der Waals surface area contributed by atoms with Gasteiger partial charge in [0.05, 0.1) is 13.4 Å². The fourth-order valence-corrected chi connectivity index (χ4v) is 1.48. The van der Waals surface area contributed by atoms with Crippen LogP contribution in [0.15, 0.2) is 36.6 Å². The molecule has 2 aliphatic rings. The highest BCUT2D eigenvalue weighted by Gasteiger charge is 2.52. The van der Waals surface area contributed by atoms with E-state index in [1.807, 2.05) is 18.2 Å². The van der Waals surface area contributed by atoms with E-state index in [0.29, 0.717) is 6.10 Å². The predicted molar refractivity (Wildman–Crippen MR) is 46.7 cm³/mol. The first-order valence-electron chi connectivity index (χ1n) is 4.09. The quantitative estimate of drug-likeness (QED) is 0.468. The molecule has 0 spiro atoms. The Kier molecular flexibility index (Phi) is 1.77. The number of methoxy groups -OCH3 is 1. The Balaban J connectivity index is 1.94. The monoisotopic (exact) mass is 164 g/mol. The Bertz CT molecular complexity index is 253. The number of fused-ring (bicyclic) bond motifs is 1. The van der Waals surface area contributed by atoms with Crippen molar-refractivity contribution in [3.63, 3.8) is 0 Å². The lowest BCUT2D eigenvalue weighted by Crippen LogP contribution is -2.10. The van der Waals surface area contributed by atoms with Crippen molar-refractivity contribution in [2.45, 2.75) is 18.1 Å². The molecule has 2 unspecified atom stereocenters. The van der Waals surface area contributed by atoms with E-state index in [1.54, 1.807) is 13.4 Å². The maximum Gasteiger partial charge on any atom is 0.121 e. The largest absolute Gasteiger partial charge is 0.505 e. The molecule has 0 bridgehead atoms. The number of ether oxygens (including phenoxy) is 2. The maximum atomic E-state index is 5.53. The fourth-order valence-electron chi connectivity index (χ4n) is 1.48. The molecule has 2 nitrogen and oxygen atoms in total. The summed E-state index contributed by atoms with van der Waals surface area (Å²) >= 11 is 0. The van der Waals surface area contributed by atoms with Crippen molar-refractivity contribution in [1.29, 1.82) is 0 Å². The van der Waals surface area contributed by atoms with E-state index < -0.39 is 0 Å². The van der Waals surface area contributed by atoms with Crippen LogP contribution in [0.2, 0.25) is 0 Å². The number of epoxide rings is 1. The van der Waals surface area contributed by atoms with E-state index >= 15 is 0 Å². The van der Waals surface area contributed by atoms with Crippen LogP contribution in [0, 0.1) is 0 Å². The van der Waals surface area contributed by atoms with Crippen molar-refractivity contribution >= 4 is 0 Å². The first-order chi connectivity index (χ1) is 5.87. The minimum Gasteiger partial charge on any atom is -0.505 e. The van der Waals surface area contributed by atoms with Crippen LogP contribution in [0.3, 0.4) is 0 Å².